The van der Waals surface area contributed by atoms with E-state index in [1.807, 2.05) is 0 Å². The Kier molecular flexibility index (Phi) is 5.08. The van der Waals surface area contributed by atoms with Crippen molar-refractivity contribution in [2.24, 2.45) is 0 Å². The van der Waals surface area contributed by atoms with Gasteiger partial charge in [0.1, 0.15) is 4.90 Å². The zero-order chi connectivity index (χ0) is 18.0. The first-order valence-electron chi connectivity index (χ1n) is 6.82. The van der Waals surface area contributed by atoms with Gasteiger partial charge in [-0.2, -0.15) is 0 Å². The third kappa shape index (κ3) is 3.84. The summed E-state index contributed by atoms with van der Waals surface area (Å²) in [7, 11) is -3.89. The van der Waals surface area contributed by atoms with Gasteiger partial charge >= 0.3 is 0 Å². The molecule has 25 heavy (non-hydrogen) atoms. The van der Waals surface area contributed by atoms with Crippen LogP contribution in [-0.2, 0) is 10.0 Å². The summed E-state index contributed by atoms with van der Waals surface area (Å²) in [4.78, 5) is 11.7. The van der Waals surface area contributed by atoms with Crippen molar-refractivity contribution in [3.63, 3.8) is 0 Å². The molecule has 12 heteroatoms. The Hall–Kier alpha value is -1.95. The summed E-state index contributed by atoms with van der Waals surface area (Å²) in [5, 5.41) is 9.89. The molecule has 1 aromatic carbocycles. The third-order valence-electron chi connectivity index (χ3n) is 3.12. The minimum Gasteiger partial charge on any atom is -0.444 e. The van der Waals surface area contributed by atoms with Crippen molar-refractivity contribution in [1.82, 2.24) is 20.4 Å². The number of carbonyl (C=O) groups excluding carboxylic acids is 1. The van der Waals surface area contributed by atoms with E-state index >= 15 is 0 Å². The first kappa shape index (κ1) is 17.9. The molecule has 2 N–H and O–H groups in total. The van der Waals surface area contributed by atoms with Crippen LogP contribution in [0.15, 0.2) is 42.9 Å². The molecular formula is C13H10BrClN4O5S. The lowest BCUT2D eigenvalue weighted by Gasteiger charge is -2.07. The Morgan fingerprint density at radius 1 is 1.16 bits per heavy atom. The number of furan rings is 1. The zero-order valence-corrected chi connectivity index (χ0v) is 15.5. The molecule has 132 valence electrons. The lowest BCUT2D eigenvalue weighted by Crippen LogP contribution is -2.34. The lowest BCUT2D eigenvalue weighted by molar-refractivity contribution is 0.0925. The maximum Gasteiger partial charge on any atom is 0.287 e. The van der Waals surface area contributed by atoms with E-state index in [1.165, 1.54) is 18.2 Å². The number of hydrogen-bond acceptors (Lipinski definition) is 7. The van der Waals surface area contributed by atoms with Gasteiger partial charge in [0, 0.05) is 13.1 Å². The van der Waals surface area contributed by atoms with E-state index < -0.39 is 15.9 Å². The smallest absolute Gasteiger partial charge is 0.287 e. The van der Waals surface area contributed by atoms with E-state index in [4.69, 9.17) is 16.0 Å². The summed E-state index contributed by atoms with van der Waals surface area (Å²) in [6.45, 7) is 0.0233. The summed E-state index contributed by atoms with van der Waals surface area (Å²) in [5.74, 6) is -0.345. The molecule has 0 aliphatic rings. The van der Waals surface area contributed by atoms with Crippen molar-refractivity contribution in [1.29, 1.82) is 0 Å². The summed E-state index contributed by atoms with van der Waals surface area (Å²) in [6.07, 6.45) is 0. The molecule has 3 aromatic rings. The second kappa shape index (κ2) is 7.12. The number of carbonyl (C=O) groups is 1. The molecule has 0 atom stereocenters. The maximum absolute atomic E-state index is 12.4. The van der Waals surface area contributed by atoms with Crippen LogP contribution in [0.5, 0.6) is 0 Å². The van der Waals surface area contributed by atoms with Crippen LogP contribution in [0.1, 0.15) is 10.6 Å². The van der Waals surface area contributed by atoms with Gasteiger partial charge in [0.15, 0.2) is 21.5 Å². The standard InChI is InChI=1S/C13H10BrClN4O5S/c14-10-4-2-8(23-10)13(20)16-5-6-17-25(21,22)9-3-1-7(15)11-12(9)19-24-18-11/h1-4,17H,5-6H2,(H,16,20). The summed E-state index contributed by atoms with van der Waals surface area (Å²) in [5.41, 5.74) is 0.186. The molecule has 0 aliphatic carbocycles. The van der Waals surface area contributed by atoms with Gasteiger partial charge in [0.2, 0.25) is 10.0 Å². The van der Waals surface area contributed by atoms with E-state index in [0.29, 0.717) is 4.67 Å². The Morgan fingerprint density at radius 2 is 1.92 bits per heavy atom. The van der Waals surface area contributed by atoms with Gasteiger partial charge < -0.3 is 9.73 Å². The van der Waals surface area contributed by atoms with Crippen LogP contribution in [0, 0.1) is 0 Å². The molecular weight excluding hydrogens is 440 g/mol. The van der Waals surface area contributed by atoms with E-state index in [-0.39, 0.29) is 39.8 Å². The number of aromatic nitrogens is 2. The fourth-order valence-electron chi connectivity index (χ4n) is 1.99. The van der Waals surface area contributed by atoms with Crippen LogP contribution >= 0.6 is 27.5 Å². The SMILES string of the molecule is O=C(NCCNS(=O)(=O)c1ccc(Cl)c2nonc12)c1ccc(Br)o1. The second-order valence-electron chi connectivity index (χ2n) is 4.76. The van der Waals surface area contributed by atoms with Crippen LogP contribution in [0.4, 0.5) is 0 Å². The van der Waals surface area contributed by atoms with Crippen LogP contribution in [0.3, 0.4) is 0 Å². The second-order valence-corrected chi connectivity index (χ2v) is 7.69. The lowest BCUT2D eigenvalue weighted by atomic mass is 10.3. The van der Waals surface area contributed by atoms with Crippen molar-refractivity contribution in [2.75, 3.05) is 13.1 Å². The minimum atomic E-state index is -3.89. The fraction of sp³-hybridized carbons (Fsp3) is 0.154. The number of sulfonamides is 1. The molecule has 0 spiro atoms. The Morgan fingerprint density at radius 3 is 2.64 bits per heavy atom. The van der Waals surface area contributed by atoms with E-state index in [0.717, 1.165) is 0 Å². The van der Waals surface area contributed by atoms with E-state index in [1.54, 1.807) is 6.07 Å². The molecule has 0 bridgehead atoms. The topological polar surface area (TPSA) is 127 Å². The first-order valence-corrected chi connectivity index (χ1v) is 9.48. The normalized spacial score (nSPS) is 11.8. The summed E-state index contributed by atoms with van der Waals surface area (Å²) >= 11 is 8.99. The van der Waals surface area contributed by atoms with Crippen LogP contribution in [0.25, 0.3) is 11.0 Å². The largest absolute Gasteiger partial charge is 0.444 e. The summed E-state index contributed by atoms with van der Waals surface area (Å²) < 4.78 is 37.2. The predicted molar refractivity (Wildman–Crippen MR) is 90.7 cm³/mol. The third-order valence-corrected chi connectivity index (χ3v) is 5.34. The van der Waals surface area contributed by atoms with Gasteiger partial charge in [-0.15, -0.1) is 0 Å². The average Bonchev–Trinajstić information content (AvgIpc) is 3.21. The van der Waals surface area contributed by atoms with E-state index in [9.17, 15) is 13.2 Å². The molecule has 3 rings (SSSR count). The Bertz CT molecular complexity index is 1030. The molecule has 0 unspecified atom stereocenters. The molecule has 0 aliphatic heterocycles. The van der Waals surface area contributed by atoms with Gasteiger partial charge in [-0.1, -0.05) is 11.6 Å². The summed E-state index contributed by atoms with van der Waals surface area (Å²) in [6, 6.07) is 5.76. The fourth-order valence-corrected chi connectivity index (χ4v) is 3.65. The van der Waals surface area contributed by atoms with Crippen LogP contribution in [-0.4, -0.2) is 37.7 Å². The van der Waals surface area contributed by atoms with Crippen molar-refractivity contribution >= 4 is 54.5 Å². The van der Waals surface area contributed by atoms with Crippen molar-refractivity contribution in [3.8, 4) is 0 Å². The highest BCUT2D eigenvalue weighted by molar-refractivity contribution is 9.10. The number of halogens is 2. The average molecular weight is 450 g/mol. The number of benzene rings is 1. The highest BCUT2D eigenvalue weighted by Gasteiger charge is 2.21. The molecule has 2 heterocycles. The molecule has 0 saturated heterocycles. The van der Waals surface area contributed by atoms with Crippen LogP contribution < -0.4 is 10.0 Å². The minimum absolute atomic E-state index is 0.0319. The number of amides is 1. The van der Waals surface area contributed by atoms with Crippen molar-refractivity contribution in [2.45, 2.75) is 4.90 Å². The van der Waals surface area contributed by atoms with Gasteiger partial charge in [0.25, 0.3) is 5.91 Å². The van der Waals surface area contributed by atoms with Crippen LogP contribution in [0.2, 0.25) is 5.02 Å². The van der Waals surface area contributed by atoms with Crippen molar-refractivity contribution in [3.05, 3.63) is 39.7 Å². The Balaban J connectivity index is 1.63. The highest BCUT2D eigenvalue weighted by atomic mass is 79.9. The van der Waals surface area contributed by atoms with E-state index in [2.05, 4.69) is 40.9 Å². The highest BCUT2D eigenvalue weighted by Crippen LogP contribution is 2.26. The number of nitrogens with one attached hydrogen (secondary N) is 2. The van der Waals surface area contributed by atoms with Gasteiger partial charge in [-0.3, -0.25) is 4.79 Å². The monoisotopic (exact) mass is 448 g/mol. The number of fused-ring (bicyclic) bond motifs is 1. The quantitative estimate of drug-likeness (QED) is 0.550. The maximum atomic E-state index is 12.4. The molecule has 0 radical (unpaired) electrons. The molecule has 0 saturated carbocycles. The molecule has 0 fully saturated rings. The van der Waals surface area contributed by atoms with Crippen molar-refractivity contribution < 1.29 is 22.3 Å². The predicted octanol–water partition coefficient (Wildman–Crippen LogP) is 1.94. The Labute approximate surface area is 154 Å². The molecule has 2 aromatic heterocycles. The number of hydrogen-bond donors (Lipinski definition) is 2. The van der Waals surface area contributed by atoms with Gasteiger partial charge in [-0.05, 0) is 50.5 Å². The first-order chi connectivity index (χ1) is 11.9. The van der Waals surface area contributed by atoms with Gasteiger partial charge in [-0.25, -0.2) is 17.8 Å². The number of rotatable bonds is 6. The number of nitrogens with zero attached hydrogens (tertiary/aromatic N) is 2. The zero-order valence-electron chi connectivity index (χ0n) is 12.3. The molecule has 1 amide bonds. The van der Waals surface area contributed by atoms with Gasteiger partial charge in [0.05, 0.1) is 5.02 Å². The molecule has 9 nitrogen and oxygen atoms in total.